The summed E-state index contributed by atoms with van der Waals surface area (Å²) < 4.78 is 10.8. The largest absolute Gasteiger partial charge is 0.491 e. The lowest BCUT2D eigenvalue weighted by molar-refractivity contribution is 0.0696. The molecule has 0 aliphatic rings. The van der Waals surface area contributed by atoms with Gasteiger partial charge >= 0.3 is 12.1 Å². The number of ether oxygens (including phenoxy) is 2. The summed E-state index contributed by atoms with van der Waals surface area (Å²) in [5, 5.41) is 11.6. The van der Waals surface area contributed by atoms with Crippen LogP contribution in [0.25, 0.3) is 0 Å². The molecule has 0 spiro atoms. The van der Waals surface area contributed by atoms with Gasteiger partial charge in [-0.05, 0) is 36.2 Å². The average Bonchev–Trinajstić information content (AvgIpc) is 2.64. The van der Waals surface area contributed by atoms with Gasteiger partial charge in [0.1, 0.15) is 19.0 Å². The van der Waals surface area contributed by atoms with Crippen molar-refractivity contribution in [2.75, 3.05) is 6.61 Å². The molecule has 0 aromatic heterocycles. The van der Waals surface area contributed by atoms with Gasteiger partial charge in [-0.15, -0.1) is 0 Å². The first kappa shape index (κ1) is 18.3. The normalized spacial score (nSPS) is 11.4. The molecule has 0 bridgehead atoms. The molecule has 1 amide bonds. The summed E-state index contributed by atoms with van der Waals surface area (Å²) in [4.78, 5) is 22.7. The molecule has 1 atom stereocenters. The molecular weight excluding hydrogens is 322 g/mol. The molecule has 6 nitrogen and oxygen atoms in total. The number of hydrogen-bond donors (Lipinski definition) is 2. The Morgan fingerprint density at radius 1 is 1.08 bits per heavy atom. The van der Waals surface area contributed by atoms with E-state index in [1.807, 2.05) is 37.3 Å². The lowest BCUT2D eigenvalue weighted by Crippen LogP contribution is -2.38. The molecule has 2 aromatic rings. The number of amides is 1. The molecule has 6 heteroatoms. The van der Waals surface area contributed by atoms with Crippen molar-refractivity contribution in [2.24, 2.45) is 0 Å². The topological polar surface area (TPSA) is 84.9 Å². The Hall–Kier alpha value is -3.02. The van der Waals surface area contributed by atoms with Gasteiger partial charge in [-0.25, -0.2) is 9.59 Å². The van der Waals surface area contributed by atoms with E-state index in [0.717, 1.165) is 5.56 Å². The second-order valence-electron chi connectivity index (χ2n) is 5.45. The Bertz CT molecular complexity index is 685. The number of nitrogens with one attached hydrogen (secondary N) is 1. The molecule has 1 unspecified atom stereocenters. The molecular formula is C19H21NO5. The third kappa shape index (κ3) is 6.18. The number of rotatable bonds is 8. The van der Waals surface area contributed by atoms with E-state index < -0.39 is 12.1 Å². The second kappa shape index (κ2) is 9.32. The predicted molar refractivity (Wildman–Crippen MR) is 92.7 cm³/mol. The molecule has 0 aliphatic carbocycles. The fourth-order valence-corrected chi connectivity index (χ4v) is 2.08. The highest BCUT2D eigenvalue weighted by Gasteiger charge is 2.12. The fraction of sp³-hybridized carbons (Fsp3) is 0.263. The van der Waals surface area contributed by atoms with Crippen LogP contribution in [-0.2, 0) is 11.3 Å². The van der Waals surface area contributed by atoms with E-state index in [2.05, 4.69) is 5.32 Å². The highest BCUT2D eigenvalue weighted by molar-refractivity contribution is 5.87. The van der Waals surface area contributed by atoms with Gasteiger partial charge in [-0.2, -0.15) is 0 Å². The quantitative estimate of drug-likeness (QED) is 0.767. The van der Waals surface area contributed by atoms with Crippen LogP contribution in [-0.4, -0.2) is 29.8 Å². The van der Waals surface area contributed by atoms with Crippen molar-refractivity contribution in [3.63, 3.8) is 0 Å². The van der Waals surface area contributed by atoms with Gasteiger partial charge < -0.3 is 19.9 Å². The van der Waals surface area contributed by atoms with Crippen molar-refractivity contribution in [3.05, 3.63) is 65.7 Å². The van der Waals surface area contributed by atoms with Crippen LogP contribution in [0.4, 0.5) is 4.79 Å². The van der Waals surface area contributed by atoms with Crippen molar-refractivity contribution in [1.82, 2.24) is 5.32 Å². The summed E-state index contributed by atoms with van der Waals surface area (Å²) >= 11 is 0. The van der Waals surface area contributed by atoms with Crippen molar-refractivity contribution >= 4 is 12.1 Å². The van der Waals surface area contributed by atoms with Crippen LogP contribution in [0.3, 0.4) is 0 Å². The maximum atomic E-state index is 11.9. The first-order valence-electron chi connectivity index (χ1n) is 8.02. The third-order valence-electron chi connectivity index (χ3n) is 3.58. The number of carboxylic acids is 1. The number of benzene rings is 2. The van der Waals surface area contributed by atoms with Gasteiger partial charge in [-0.3, -0.25) is 0 Å². The summed E-state index contributed by atoms with van der Waals surface area (Å²) in [6, 6.07) is 15.3. The summed E-state index contributed by atoms with van der Waals surface area (Å²) in [5.41, 5.74) is 1.11. The molecule has 25 heavy (non-hydrogen) atoms. The van der Waals surface area contributed by atoms with Crippen LogP contribution in [0.5, 0.6) is 5.75 Å². The lowest BCUT2D eigenvalue weighted by atomic mass is 10.2. The molecule has 0 fully saturated rings. The van der Waals surface area contributed by atoms with Crippen LogP contribution in [0, 0.1) is 0 Å². The van der Waals surface area contributed by atoms with Gasteiger partial charge in [0.05, 0.1) is 11.6 Å². The van der Waals surface area contributed by atoms with Crippen molar-refractivity contribution < 1.29 is 24.2 Å². The Labute approximate surface area is 146 Å². The van der Waals surface area contributed by atoms with E-state index in [-0.39, 0.29) is 24.8 Å². The number of aromatic carboxylic acids is 1. The van der Waals surface area contributed by atoms with Crippen LogP contribution < -0.4 is 10.1 Å². The minimum Gasteiger partial charge on any atom is -0.491 e. The molecule has 0 saturated carbocycles. The number of hydrogen-bond acceptors (Lipinski definition) is 4. The van der Waals surface area contributed by atoms with Gasteiger partial charge in [-0.1, -0.05) is 37.3 Å². The van der Waals surface area contributed by atoms with E-state index in [9.17, 15) is 9.59 Å². The third-order valence-corrected chi connectivity index (χ3v) is 3.58. The van der Waals surface area contributed by atoms with Crippen molar-refractivity contribution in [3.8, 4) is 5.75 Å². The van der Waals surface area contributed by atoms with Crippen LogP contribution >= 0.6 is 0 Å². The Morgan fingerprint density at radius 2 is 1.76 bits per heavy atom. The Balaban J connectivity index is 1.77. The monoisotopic (exact) mass is 343 g/mol. The smallest absolute Gasteiger partial charge is 0.407 e. The molecule has 132 valence electrons. The van der Waals surface area contributed by atoms with Gasteiger partial charge in [0.15, 0.2) is 0 Å². The number of carbonyl (C=O) groups excluding carboxylic acids is 1. The lowest BCUT2D eigenvalue weighted by Gasteiger charge is -2.17. The van der Waals surface area contributed by atoms with Gasteiger partial charge in [0.2, 0.25) is 0 Å². The summed E-state index contributed by atoms with van der Waals surface area (Å²) in [7, 11) is 0. The molecule has 2 aromatic carbocycles. The van der Waals surface area contributed by atoms with E-state index in [0.29, 0.717) is 12.2 Å². The van der Waals surface area contributed by atoms with Gasteiger partial charge in [0.25, 0.3) is 0 Å². The summed E-state index contributed by atoms with van der Waals surface area (Å²) in [5.74, 6) is -0.441. The molecule has 0 aliphatic heterocycles. The zero-order valence-corrected chi connectivity index (χ0v) is 14.0. The first-order chi connectivity index (χ1) is 12.1. The molecule has 0 radical (unpaired) electrons. The summed E-state index contributed by atoms with van der Waals surface area (Å²) in [6.07, 6.45) is 0.175. The average molecular weight is 343 g/mol. The number of carbonyl (C=O) groups is 2. The van der Waals surface area contributed by atoms with E-state index in [4.69, 9.17) is 14.6 Å². The number of carboxylic acid groups (broad SMARTS) is 1. The maximum Gasteiger partial charge on any atom is 0.407 e. The van der Waals surface area contributed by atoms with Crippen LogP contribution in [0.1, 0.15) is 29.3 Å². The maximum absolute atomic E-state index is 11.9. The highest BCUT2D eigenvalue weighted by atomic mass is 16.5. The second-order valence-corrected chi connectivity index (χ2v) is 5.45. The highest BCUT2D eigenvalue weighted by Crippen LogP contribution is 2.13. The van der Waals surface area contributed by atoms with E-state index in [1.165, 1.54) is 12.1 Å². The molecule has 2 rings (SSSR count). The van der Waals surface area contributed by atoms with Crippen molar-refractivity contribution in [1.29, 1.82) is 0 Å². The summed E-state index contributed by atoms with van der Waals surface area (Å²) in [6.45, 7) is 2.41. The van der Waals surface area contributed by atoms with Crippen LogP contribution in [0.15, 0.2) is 54.6 Å². The first-order valence-corrected chi connectivity index (χ1v) is 8.02. The predicted octanol–water partition coefficient (Wildman–Crippen LogP) is 3.47. The minimum atomic E-state index is -0.985. The standard InChI is InChI=1S/C19H21NO5/c1-2-16(13-24-17-10-8-15(9-11-17)18(21)22)20-19(23)25-12-14-6-4-3-5-7-14/h3-11,16H,2,12-13H2,1H3,(H,20,23)(H,21,22). The fourth-order valence-electron chi connectivity index (χ4n) is 2.08. The molecule has 0 heterocycles. The molecule has 2 N–H and O–H groups in total. The zero-order valence-electron chi connectivity index (χ0n) is 14.0. The zero-order chi connectivity index (χ0) is 18.1. The molecule has 0 saturated heterocycles. The Morgan fingerprint density at radius 3 is 2.36 bits per heavy atom. The van der Waals surface area contributed by atoms with E-state index >= 15 is 0 Å². The minimum absolute atomic E-state index is 0.196. The van der Waals surface area contributed by atoms with Gasteiger partial charge in [0, 0.05) is 0 Å². The number of alkyl carbamates (subject to hydrolysis) is 1. The Kier molecular flexibility index (Phi) is 6.83. The van der Waals surface area contributed by atoms with E-state index in [1.54, 1.807) is 12.1 Å². The van der Waals surface area contributed by atoms with Crippen LogP contribution in [0.2, 0.25) is 0 Å². The SMILES string of the molecule is CCC(COc1ccc(C(=O)O)cc1)NC(=O)OCc1ccccc1. The van der Waals surface area contributed by atoms with Crippen molar-refractivity contribution in [2.45, 2.75) is 26.0 Å².